The molecule has 1 aromatic heterocycles. The lowest BCUT2D eigenvalue weighted by Crippen LogP contribution is -2.40. The predicted octanol–water partition coefficient (Wildman–Crippen LogP) is 3.47. The molecule has 2 aromatic carbocycles. The van der Waals surface area contributed by atoms with E-state index >= 15 is 0 Å². The zero-order chi connectivity index (χ0) is 20.9. The second-order valence-corrected chi connectivity index (χ2v) is 7.13. The lowest BCUT2D eigenvalue weighted by atomic mass is 10.1. The average Bonchev–Trinajstić information content (AvgIpc) is 3.25. The SMILES string of the molecule is COc1ccc(-c2nn(-c3ccccc3)cc2C(=O)NC2CCCOC2)cc1OC. The second kappa shape index (κ2) is 9.00. The number of nitrogens with one attached hydrogen (secondary N) is 1. The van der Waals surface area contributed by atoms with Crippen molar-refractivity contribution in [3.63, 3.8) is 0 Å². The number of hydrogen-bond donors (Lipinski definition) is 1. The summed E-state index contributed by atoms with van der Waals surface area (Å²) in [6.07, 6.45) is 3.61. The molecule has 0 bridgehead atoms. The van der Waals surface area contributed by atoms with Crippen LogP contribution >= 0.6 is 0 Å². The van der Waals surface area contributed by atoms with Crippen LogP contribution in [-0.2, 0) is 4.74 Å². The molecule has 30 heavy (non-hydrogen) atoms. The molecule has 1 atom stereocenters. The zero-order valence-corrected chi connectivity index (χ0v) is 17.1. The van der Waals surface area contributed by atoms with Crippen LogP contribution in [0.5, 0.6) is 11.5 Å². The van der Waals surface area contributed by atoms with Gasteiger partial charge in [0.05, 0.1) is 38.1 Å². The topological polar surface area (TPSA) is 74.6 Å². The van der Waals surface area contributed by atoms with Crippen LogP contribution in [0.15, 0.2) is 54.7 Å². The van der Waals surface area contributed by atoms with E-state index in [2.05, 4.69) is 5.32 Å². The number of rotatable bonds is 6. The fourth-order valence-corrected chi connectivity index (χ4v) is 3.57. The van der Waals surface area contributed by atoms with E-state index in [9.17, 15) is 4.79 Å². The van der Waals surface area contributed by atoms with Gasteiger partial charge in [-0.1, -0.05) is 18.2 Å². The van der Waals surface area contributed by atoms with Gasteiger partial charge in [0.15, 0.2) is 11.5 Å². The minimum atomic E-state index is -0.169. The maximum absolute atomic E-state index is 13.2. The normalized spacial score (nSPS) is 16.1. The van der Waals surface area contributed by atoms with Crippen LogP contribution in [-0.4, -0.2) is 49.2 Å². The minimum absolute atomic E-state index is 0.00424. The molecule has 7 nitrogen and oxygen atoms in total. The van der Waals surface area contributed by atoms with Crippen molar-refractivity contribution < 1.29 is 19.0 Å². The number of aromatic nitrogens is 2. The third-order valence-corrected chi connectivity index (χ3v) is 5.13. The molecule has 0 aliphatic carbocycles. The van der Waals surface area contributed by atoms with Crippen molar-refractivity contribution in [1.29, 1.82) is 0 Å². The Balaban J connectivity index is 1.74. The molecular formula is C23H25N3O4. The number of methoxy groups -OCH3 is 2. The summed E-state index contributed by atoms with van der Waals surface area (Å²) in [5.41, 5.74) is 2.72. The summed E-state index contributed by atoms with van der Waals surface area (Å²) in [7, 11) is 3.17. The van der Waals surface area contributed by atoms with E-state index < -0.39 is 0 Å². The summed E-state index contributed by atoms with van der Waals surface area (Å²) in [4.78, 5) is 13.2. The molecule has 1 saturated heterocycles. The number of ether oxygens (including phenoxy) is 3. The molecule has 156 valence electrons. The third kappa shape index (κ3) is 4.16. The van der Waals surface area contributed by atoms with Crippen molar-refractivity contribution in [2.75, 3.05) is 27.4 Å². The molecule has 3 aromatic rings. The first-order chi connectivity index (χ1) is 14.7. The Morgan fingerprint density at radius 2 is 1.93 bits per heavy atom. The van der Waals surface area contributed by atoms with E-state index in [0.717, 1.165) is 30.7 Å². The molecule has 2 heterocycles. The molecule has 7 heteroatoms. The Kier molecular flexibility index (Phi) is 5.99. The first-order valence-corrected chi connectivity index (χ1v) is 9.95. The van der Waals surface area contributed by atoms with E-state index in [1.807, 2.05) is 48.5 Å². The number of benzene rings is 2. The quantitative estimate of drug-likeness (QED) is 0.677. The Bertz CT molecular complexity index is 1010. The third-order valence-electron chi connectivity index (χ3n) is 5.13. The lowest BCUT2D eigenvalue weighted by Gasteiger charge is -2.23. The van der Waals surface area contributed by atoms with Crippen molar-refractivity contribution in [2.45, 2.75) is 18.9 Å². The minimum Gasteiger partial charge on any atom is -0.493 e. The van der Waals surface area contributed by atoms with E-state index in [4.69, 9.17) is 19.3 Å². The highest BCUT2D eigenvalue weighted by Gasteiger charge is 2.23. The van der Waals surface area contributed by atoms with Gasteiger partial charge < -0.3 is 19.5 Å². The highest BCUT2D eigenvalue weighted by molar-refractivity contribution is 6.00. The first kappa shape index (κ1) is 20.0. The summed E-state index contributed by atoms with van der Waals surface area (Å²) in [6, 6.07) is 15.2. The van der Waals surface area contributed by atoms with E-state index in [0.29, 0.717) is 29.4 Å². The number of amides is 1. The van der Waals surface area contributed by atoms with Crippen LogP contribution in [0.4, 0.5) is 0 Å². The van der Waals surface area contributed by atoms with Gasteiger partial charge in [0.2, 0.25) is 0 Å². The fourth-order valence-electron chi connectivity index (χ4n) is 3.57. The van der Waals surface area contributed by atoms with Gasteiger partial charge in [0.1, 0.15) is 5.69 Å². The number of nitrogens with zero attached hydrogens (tertiary/aromatic N) is 2. The summed E-state index contributed by atoms with van der Waals surface area (Å²) < 4.78 is 18.0. The summed E-state index contributed by atoms with van der Waals surface area (Å²) in [6.45, 7) is 1.28. The first-order valence-electron chi connectivity index (χ1n) is 9.95. The number of carbonyl (C=O) groups is 1. The summed E-state index contributed by atoms with van der Waals surface area (Å²) >= 11 is 0. The van der Waals surface area contributed by atoms with Crippen LogP contribution in [0.1, 0.15) is 23.2 Å². The molecular weight excluding hydrogens is 382 g/mol. The van der Waals surface area contributed by atoms with Crippen molar-refractivity contribution in [3.8, 4) is 28.4 Å². The standard InChI is InChI=1S/C23H25N3O4/c1-28-20-11-10-16(13-21(20)29-2)22-19(23(27)24-17-7-6-12-30-15-17)14-26(25-22)18-8-4-3-5-9-18/h3-5,8-11,13-14,17H,6-7,12,15H2,1-2H3,(H,24,27). The molecule has 1 aliphatic rings. The largest absolute Gasteiger partial charge is 0.493 e. The summed E-state index contributed by atoms with van der Waals surface area (Å²) in [5, 5.41) is 7.81. The molecule has 1 aliphatic heterocycles. The van der Waals surface area contributed by atoms with Gasteiger partial charge >= 0.3 is 0 Å². The van der Waals surface area contributed by atoms with Crippen molar-refractivity contribution in [2.24, 2.45) is 0 Å². The highest BCUT2D eigenvalue weighted by Crippen LogP contribution is 2.33. The molecule has 1 unspecified atom stereocenters. The highest BCUT2D eigenvalue weighted by atomic mass is 16.5. The monoisotopic (exact) mass is 407 g/mol. The number of para-hydroxylation sites is 1. The second-order valence-electron chi connectivity index (χ2n) is 7.13. The van der Waals surface area contributed by atoms with Gasteiger partial charge in [0, 0.05) is 18.4 Å². The Labute approximate surface area is 175 Å². The van der Waals surface area contributed by atoms with Gasteiger partial charge in [-0.3, -0.25) is 4.79 Å². The van der Waals surface area contributed by atoms with Gasteiger partial charge in [-0.2, -0.15) is 5.10 Å². The van der Waals surface area contributed by atoms with Gasteiger partial charge in [-0.25, -0.2) is 4.68 Å². The van der Waals surface area contributed by atoms with Crippen LogP contribution in [0.2, 0.25) is 0 Å². The molecule has 1 N–H and O–H groups in total. The average molecular weight is 407 g/mol. The maximum atomic E-state index is 13.2. The van der Waals surface area contributed by atoms with E-state index in [1.165, 1.54) is 0 Å². The van der Waals surface area contributed by atoms with Crippen molar-refractivity contribution in [3.05, 3.63) is 60.3 Å². The Morgan fingerprint density at radius 1 is 1.13 bits per heavy atom. The van der Waals surface area contributed by atoms with Crippen LogP contribution in [0, 0.1) is 0 Å². The van der Waals surface area contributed by atoms with Gasteiger partial charge in [-0.05, 0) is 43.2 Å². The lowest BCUT2D eigenvalue weighted by molar-refractivity contribution is 0.0624. The fraction of sp³-hybridized carbons (Fsp3) is 0.304. The van der Waals surface area contributed by atoms with Gasteiger partial charge in [-0.15, -0.1) is 0 Å². The smallest absolute Gasteiger partial charge is 0.255 e. The molecule has 0 radical (unpaired) electrons. The number of carbonyl (C=O) groups excluding carboxylic acids is 1. The Hall–Kier alpha value is -3.32. The van der Waals surface area contributed by atoms with E-state index in [-0.39, 0.29) is 11.9 Å². The molecule has 4 rings (SSSR count). The Morgan fingerprint density at radius 3 is 2.63 bits per heavy atom. The van der Waals surface area contributed by atoms with Crippen molar-refractivity contribution in [1.82, 2.24) is 15.1 Å². The molecule has 0 spiro atoms. The van der Waals surface area contributed by atoms with Crippen LogP contribution in [0.25, 0.3) is 16.9 Å². The van der Waals surface area contributed by atoms with E-state index in [1.54, 1.807) is 25.1 Å². The predicted molar refractivity (Wildman–Crippen MR) is 113 cm³/mol. The number of hydrogen-bond acceptors (Lipinski definition) is 5. The van der Waals surface area contributed by atoms with Gasteiger partial charge in [0.25, 0.3) is 5.91 Å². The summed E-state index contributed by atoms with van der Waals surface area (Å²) in [5.74, 6) is 1.03. The van der Waals surface area contributed by atoms with Crippen LogP contribution < -0.4 is 14.8 Å². The van der Waals surface area contributed by atoms with Crippen LogP contribution in [0.3, 0.4) is 0 Å². The zero-order valence-electron chi connectivity index (χ0n) is 17.1. The molecule has 1 amide bonds. The molecule has 0 saturated carbocycles. The molecule has 1 fully saturated rings. The van der Waals surface area contributed by atoms with Crippen molar-refractivity contribution >= 4 is 5.91 Å². The maximum Gasteiger partial charge on any atom is 0.255 e.